The normalized spacial score (nSPS) is 13.6. The smallest absolute Gasteiger partial charge is 0.407 e. The number of nitrogens with two attached hydrogens (primary N) is 1. The highest BCUT2D eigenvalue weighted by molar-refractivity contribution is 5.96. The highest BCUT2D eigenvalue weighted by Gasteiger charge is 2.33. The number of amides is 6. The van der Waals surface area contributed by atoms with E-state index in [0.717, 1.165) is 38.7 Å². The number of esters is 1. The summed E-state index contributed by atoms with van der Waals surface area (Å²) in [4.78, 5) is 95.6. The summed E-state index contributed by atoms with van der Waals surface area (Å²) in [5, 5.41) is 13.9. The van der Waals surface area contributed by atoms with Gasteiger partial charge in [-0.3, -0.25) is 28.8 Å². The molecule has 6 amide bonds. The quantitative estimate of drug-likeness (QED) is 0.0561. The van der Waals surface area contributed by atoms with Crippen LogP contribution in [0.5, 0.6) is 0 Å². The molecule has 1 aliphatic carbocycles. The third-order valence-corrected chi connectivity index (χ3v) is 11.0. The second-order valence-electron chi connectivity index (χ2n) is 16.0. The lowest BCUT2D eigenvalue weighted by Crippen LogP contribution is -2.58. The number of aromatic nitrogens is 1. The fourth-order valence-electron chi connectivity index (χ4n) is 7.59. The van der Waals surface area contributed by atoms with Crippen LogP contribution < -0.4 is 32.3 Å². The van der Waals surface area contributed by atoms with Gasteiger partial charge >= 0.3 is 12.1 Å². The Labute approximate surface area is 370 Å². The van der Waals surface area contributed by atoms with E-state index in [9.17, 15) is 33.6 Å². The van der Waals surface area contributed by atoms with Crippen molar-refractivity contribution in [3.63, 3.8) is 0 Å². The minimum absolute atomic E-state index is 0.0297. The molecule has 5 aromatic rings. The molecule has 1 heterocycles. The van der Waals surface area contributed by atoms with Gasteiger partial charge in [-0.15, -0.1) is 0 Å². The van der Waals surface area contributed by atoms with E-state index in [0.29, 0.717) is 5.56 Å². The number of carbonyl (C=O) groups excluding carboxylic acids is 7. The van der Waals surface area contributed by atoms with Crippen LogP contribution in [-0.4, -0.2) is 83.9 Å². The molecule has 64 heavy (non-hydrogen) atoms. The third-order valence-electron chi connectivity index (χ3n) is 11.0. The predicted molar refractivity (Wildman–Crippen MR) is 238 cm³/mol. The van der Waals surface area contributed by atoms with Gasteiger partial charge < -0.3 is 46.8 Å². The minimum atomic E-state index is -1.34. The zero-order valence-corrected chi connectivity index (χ0v) is 35.9. The average Bonchev–Trinajstić information content (AvgIpc) is 3.85. The Bertz CT molecular complexity index is 2440. The van der Waals surface area contributed by atoms with Crippen molar-refractivity contribution >= 4 is 52.5 Å². The van der Waals surface area contributed by atoms with Crippen molar-refractivity contribution in [3.8, 4) is 11.1 Å². The summed E-state index contributed by atoms with van der Waals surface area (Å²) >= 11 is 0. The molecule has 0 bridgehead atoms. The number of ether oxygens (including phenoxy) is 2. The molecule has 4 atom stereocenters. The van der Waals surface area contributed by atoms with E-state index < -0.39 is 78.2 Å². The van der Waals surface area contributed by atoms with Crippen molar-refractivity contribution in [3.05, 3.63) is 132 Å². The van der Waals surface area contributed by atoms with Crippen LogP contribution in [-0.2, 0) is 51.3 Å². The summed E-state index contributed by atoms with van der Waals surface area (Å²) in [6, 6.07) is 27.2. The van der Waals surface area contributed by atoms with E-state index in [2.05, 4.69) is 31.6 Å². The fraction of sp³-hybridized carbons (Fsp3) is 0.312. The van der Waals surface area contributed by atoms with E-state index in [1.54, 1.807) is 32.2 Å². The van der Waals surface area contributed by atoms with Crippen LogP contribution in [0.4, 0.5) is 4.79 Å². The van der Waals surface area contributed by atoms with Crippen LogP contribution in [0.25, 0.3) is 22.0 Å². The molecular formula is C48H53N7O9. The van der Waals surface area contributed by atoms with Crippen LogP contribution in [0.3, 0.4) is 0 Å². The first-order valence-electron chi connectivity index (χ1n) is 21.1. The predicted octanol–water partition coefficient (Wildman–Crippen LogP) is 3.87. The lowest BCUT2D eigenvalue weighted by atomic mass is 9.98. The Hall–Kier alpha value is -7.49. The molecule has 16 heteroatoms. The lowest BCUT2D eigenvalue weighted by molar-refractivity contribution is -0.145. The highest BCUT2D eigenvalue weighted by atomic mass is 16.5. The van der Waals surface area contributed by atoms with Crippen molar-refractivity contribution < 1.29 is 43.0 Å². The van der Waals surface area contributed by atoms with Crippen LogP contribution in [0.15, 0.2) is 109 Å². The second-order valence-corrected chi connectivity index (χ2v) is 16.0. The summed E-state index contributed by atoms with van der Waals surface area (Å²) in [5.74, 6) is -4.93. The number of fused-ring (bicyclic) bond motifs is 4. The average molecular weight is 872 g/mol. The van der Waals surface area contributed by atoms with E-state index in [-0.39, 0.29) is 38.4 Å². The maximum Gasteiger partial charge on any atom is 0.407 e. The van der Waals surface area contributed by atoms with E-state index in [1.807, 2.05) is 91.0 Å². The molecule has 16 nitrogen and oxygen atoms in total. The summed E-state index contributed by atoms with van der Waals surface area (Å²) in [7, 11) is 0. The van der Waals surface area contributed by atoms with Gasteiger partial charge in [0.1, 0.15) is 43.9 Å². The van der Waals surface area contributed by atoms with Gasteiger partial charge in [-0.25, -0.2) is 4.79 Å². The Kier molecular flexibility index (Phi) is 15.5. The molecule has 334 valence electrons. The topological polar surface area (TPSA) is 240 Å². The molecule has 1 aliphatic rings. The van der Waals surface area contributed by atoms with Gasteiger partial charge in [-0.2, -0.15) is 0 Å². The summed E-state index contributed by atoms with van der Waals surface area (Å²) in [6.07, 6.45) is 0.283. The standard InChI is InChI=1S/C48H53N7O9/c1-28(2)43(47(61)51-25-42(57)63-26-30-13-5-4-6-14-30)55-44(58)29(3)52-46(60)40(23-31-24-50-38-20-12-11-15-32(31)38)53-45(59)39(21-22-41(49)56)54-48(62)64-27-37-35-18-9-7-16-33(35)34-17-8-10-19-36(34)37/h4-20,24,28-29,37,39-40,43,50H,21-23,25-27H2,1-3H3,(H2,49,56)(H,51,61)(H,52,60)(H,53,59)(H,54,62)(H,55,58)/t29-,39-,40-,43-/m0/s1. The van der Waals surface area contributed by atoms with E-state index >= 15 is 0 Å². The van der Waals surface area contributed by atoms with Crippen molar-refractivity contribution in [1.82, 2.24) is 31.6 Å². The summed E-state index contributed by atoms with van der Waals surface area (Å²) < 4.78 is 10.9. The second kappa shape index (κ2) is 21.5. The molecule has 6 rings (SSSR count). The number of rotatable bonds is 20. The molecule has 0 saturated heterocycles. The highest BCUT2D eigenvalue weighted by Crippen LogP contribution is 2.44. The third kappa shape index (κ3) is 11.9. The summed E-state index contributed by atoms with van der Waals surface area (Å²) in [5.41, 5.74) is 11.7. The number of nitrogens with one attached hydrogen (secondary N) is 6. The van der Waals surface area contributed by atoms with Crippen LogP contribution in [0.1, 0.15) is 61.8 Å². The molecule has 1 aromatic heterocycles. The van der Waals surface area contributed by atoms with Gasteiger partial charge in [0.2, 0.25) is 29.5 Å². The molecule has 0 spiro atoms. The van der Waals surface area contributed by atoms with Crippen molar-refractivity contribution in [2.75, 3.05) is 13.2 Å². The maximum absolute atomic E-state index is 14.1. The molecule has 8 N–H and O–H groups in total. The van der Waals surface area contributed by atoms with Crippen molar-refractivity contribution in [1.29, 1.82) is 0 Å². The number of aromatic amines is 1. The van der Waals surface area contributed by atoms with Gasteiger partial charge in [-0.1, -0.05) is 111 Å². The van der Waals surface area contributed by atoms with E-state index in [4.69, 9.17) is 15.2 Å². The number of hydrogen-bond donors (Lipinski definition) is 7. The Morgan fingerprint density at radius 3 is 1.97 bits per heavy atom. The largest absolute Gasteiger partial charge is 0.460 e. The van der Waals surface area contributed by atoms with Gasteiger partial charge in [0.05, 0.1) is 0 Å². The van der Waals surface area contributed by atoms with Crippen LogP contribution in [0.2, 0.25) is 0 Å². The number of benzene rings is 4. The molecule has 0 fully saturated rings. The fourth-order valence-corrected chi connectivity index (χ4v) is 7.59. The molecule has 0 aliphatic heterocycles. The SMILES string of the molecule is CC(C)[C@H](NC(=O)[C@H](C)NC(=O)[C@H](Cc1c[nH]c2ccccc12)NC(=O)[C@H](CCC(N)=O)NC(=O)OCC1c2ccccc2-c2ccccc21)C(=O)NCC(=O)OCc1ccccc1. The molecule has 0 radical (unpaired) electrons. The number of hydrogen-bond acceptors (Lipinski definition) is 9. The Morgan fingerprint density at radius 1 is 0.672 bits per heavy atom. The monoisotopic (exact) mass is 871 g/mol. The zero-order chi connectivity index (χ0) is 45.8. The Morgan fingerprint density at radius 2 is 1.30 bits per heavy atom. The van der Waals surface area contributed by atoms with Gasteiger partial charge in [-0.05, 0) is 58.7 Å². The van der Waals surface area contributed by atoms with Crippen LogP contribution in [0, 0.1) is 5.92 Å². The number of H-pyrrole nitrogens is 1. The van der Waals surface area contributed by atoms with Gasteiger partial charge in [0, 0.05) is 35.9 Å². The number of primary amides is 1. The molecule has 4 aromatic carbocycles. The van der Waals surface area contributed by atoms with Crippen molar-refractivity contribution in [2.24, 2.45) is 11.7 Å². The number of carbonyl (C=O) groups is 7. The maximum atomic E-state index is 14.1. The van der Waals surface area contributed by atoms with Gasteiger partial charge in [0.25, 0.3) is 0 Å². The first-order valence-corrected chi connectivity index (χ1v) is 21.1. The molecular weight excluding hydrogens is 819 g/mol. The first kappa shape index (κ1) is 46.0. The first-order chi connectivity index (χ1) is 30.8. The van der Waals surface area contributed by atoms with Gasteiger partial charge in [0.15, 0.2) is 0 Å². The minimum Gasteiger partial charge on any atom is -0.460 e. The zero-order valence-electron chi connectivity index (χ0n) is 35.9. The molecule has 0 unspecified atom stereocenters. The Balaban J connectivity index is 1.11. The van der Waals surface area contributed by atoms with Crippen LogP contribution >= 0.6 is 0 Å². The van der Waals surface area contributed by atoms with Crippen molar-refractivity contribution in [2.45, 2.75) is 76.7 Å². The summed E-state index contributed by atoms with van der Waals surface area (Å²) in [6.45, 7) is 4.41. The molecule has 0 saturated carbocycles. The van der Waals surface area contributed by atoms with E-state index in [1.165, 1.54) is 6.92 Å². The lowest BCUT2D eigenvalue weighted by Gasteiger charge is -2.26. The number of alkyl carbamates (subject to hydrolysis) is 1. The number of para-hydroxylation sites is 1.